The van der Waals surface area contributed by atoms with E-state index in [9.17, 15) is 4.39 Å². The van der Waals surface area contributed by atoms with Crippen LogP contribution in [0.15, 0.2) is 90.1 Å². The van der Waals surface area contributed by atoms with Gasteiger partial charge in [-0.1, -0.05) is 78.0 Å². The monoisotopic (exact) mass is 533 g/mol. The van der Waals surface area contributed by atoms with Crippen molar-refractivity contribution in [3.8, 4) is 11.4 Å². The van der Waals surface area contributed by atoms with Gasteiger partial charge >= 0.3 is 0 Å². The molecule has 188 valence electrons. The lowest BCUT2D eigenvalue weighted by molar-refractivity contribution is 0.302. The number of ether oxygens (including phenoxy) is 1. The summed E-state index contributed by atoms with van der Waals surface area (Å²) >= 11 is 7.83. The van der Waals surface area contributed by atoms with Gasteiger partial charge in [-0.15, -0.1) is 5.10 Å². The van der Waals surface area contributed by atoms with Crippen molar-refractivity contribution in [3.05, 3.63) is 107 Å². The normalized spacial score (nSPS) is 11.2. The molecule has 1 aromatic heterocycles. The zero-order valence-electron chi connectivity index (χ0n) is 20.0. The highest BCUT2D eigenvalue weighted by atomic mass is 35.5. The average molecular weight is 534 g/mol. The van der Waals surface area contributed by atoms with Crippen LogP contribution in [0, 0.1) is 5.82 Å². The number of benzene rings is 4. The maximum absolute atomic E-state index is 13.4. The topological polar surface area (TPSA) is 64.9 Å². The number of nitrogens with one attached hydrogen (secondary N) is 1. The van der Waals surface area contributed by atoms with Crippen molar-refractivity contribution in [1.82, 2.24) is 25.5 Å². The Hall–Kier alpha value is -3.46. The molecule has 0 aliphatic heterocycles. The summed E-state index contributed by atoms with van der Waals surface area (Å²) in [6, 6.07) is 26.5. The molecule has 0 bridgehead atoms. The van der Waals surface area contributed by atoms with Crippen LogP contribution in [0.4, 0.5) is 4.39 Å². The quantitative estimate of drug-likeness (QED) is 0.155. The first kappa shape index (κ1) is 25.2. The molecule has 0 aliphatic carbocycles. The molecule has 4 aromatic carbocycles. The Bertz CT molecular complexity index is 1480. The van der Waals surface area contributed by atoms with Gasteiger partial charge in [-0.25, -0.2) is 4.39 Å². The fourth-order valence-electron chi connectivity index (χ4n) is 4.00. The van der Waals surface area contributed by atoms with Gasteiger partial charge in [0.05, 0.1) is 10.7 Å². The van der Waals surface area contributed by atoms with Gasteiger partial charge in [0.2, 0.25) is 5.16 Å². The molecular weight excluding hydrogens is 509 g/mol. The minimum absolute atomic E-state index is 0.261. The van der Waals surface area contributed by atoms with Gasteiger partial charge in [0.1, 0.15) is 18.2 Å². The van der Waals surface area contributed by atoms with Crippen molar-refractivity contribution in [1.29, 1.82) is 0 Å². The third-order valence-electron chi connectivity index (χ3n) is 5.87. The summed E-state index contributed by atoms with van der Waals surface area (Å²) in [5.41, 5.74) is 2.76. The van der Waals surface area contributed by atoms with Crippen molar-refractivity contribution in [2.45, 2.75) is 24.7 Å². The Balaban J connectivity index is 1.19. The van der Waals surface area contributed by atoms with Crippen LogP contribution in [-0.2, 0) is 13.2 Å². The van der Waals surface area contributed by atoms with E-state index >= 15 is 0 Å². The molecule has 0 spiro atoms. The van der Waals surface area contributed by atoms with E-state index in [1.165, 1.54) is 12.1 Å². The number of thioether (sulfide) groups is 1. The Kier molecular flexibility index (Phi) is 8.30. The molecule has 0 aliphatic rings. The molecule has 1 heterocycles. The van der Waals surface area contributed by atoms with Crippen LogP contribution in [0.5, 0.6) is 5.75 Å². The number of fused-ring (bicyclic) bond motifs is 1. The predicted octanol–water partition coefficient (Wildman–Crippen LogP) is 6.46. The molecule has 0 saturated heterocycles. The maximum atomic E-state index is 13.4. The number of nitrogens with zero attached hydrogens (tertiary/aromatic N) is 4. The summed E-state index contributed by atoms with van der Waals surface area (Å²) in [6.07, 6.45) is 0.943. The van der Waals surface area contributed by atoms with E-state index in [1.54, 1.807) is 22.5 Å². The summed E-state index contributed by atoms with van der Waals surface area (Å²) in [5.74, 6) is 1.30. The van der Waals surface area contributed by atoms with E-state index in [0.717, 1.165) is 57.2 Å². The van der Waals surface area contributed by atoms with Crippen LogP contribution < -0.4 is 10.1 Å². The van der Waals surface area contributed by atoms with Crippen LogP contribution in [0.1, 0.15) is 17.5 Å². The molecule has 6 nitrogen and oxygen atoms in total. The second-order valence-corrected chi connectivity index (χ2v) is 9.84. The summed E-state index contributed by atoms with van der Waals surface area (Å²) in [6.45, 7) is 1.74. The molecule has 5 rings (SSSR count). The minimum atomic E-state index is -0.362. The maximum Gasteiger partial charge on any atom is 0.214 e. The predicted molar refractivity (Wildman–Crippen MR) is 146 cm³/mol. The smallest absolute Gasteiger partial charge is 0.214 e. The summed E-state index contributed by atoms with van der Waals surface area (Å²) in [7, 11) is 0. The van der Waals surface area contributed by atoms with Crippen molar-refractivity contribution < 1.29 is 9.13 Å². The van der Waals surface area contributed by atoms with Crippen LogP contribution in [0.25, 0.3) is 16.5 Å². The molecule has 0 atom stereocenters. The highest BCUT2D eigenvalue weighted by molar-refractivity contribution is 7.99. The Morgan fingerprint density at radius 3 is 2.68 bits per heavy atom. The van der Waals surface area contributed by atoms with Gasteiger partial charge in [0.25, 0.3) is 0 Å². The van der Waals surface area contributed by atoms with Gasteiger partial charge in [0.15, 0.2) is 0 Å². The van der Waals surface area contributed by atoms with Crippen LogP contribution >= 0.6 is 23.4 Å². The Morgan fingerprint density at radius 2 is 1.81 bits per heavy atom. The van der Waals surface area contributed by atoms with E-state index in [-0.39, 0.29) is 12.4 Å². The standard InChI is InChI=1S/C28H25ClFN5OS/c29-26-17-22(30)13-11-21(26)19-36-27-14-12-20-7-4-5-10-24(20)25(27)18-31-15-6-16-37-28-32-33-34-35(28)23-8-2-1-3-9-23/h1-5,7-14,17,31H,6,15-16,18-19H2. The lowest BCUT2D eigenvalue weighted by Crippen LogP contribution is -2.16. The zero-order chi connectivity index (χ0) is 25.5. The number of para-hydroxylation sites is 1. The fourth-order valence-corrected chi connectivity index (χ4v) is 5.05. The molecule has 5 aromatic rings. The second kappa shape index (κ2) is 12.2. The lowest BCUT2D eigenvalue weighted by atomic mass is 10.0. The molecular formula is C28H25ClFN5OS. The van der Waals surface area contributed by atoms with Crippen molar-refractivity contribution in [3.63, 3.8) is 0 Å². The molecule has 9 heteroatoms. The molecule has 0 amide bonds. The van der Waals surface area contributed by atoms with E-state index in [2.05, 4.69) is 33.0 Å². The first-order valence-electron chi connectivity index (χ1n) is 11.9. The van der Waals surface area contributed by atoms with Crippen LogP contribution in [-0.4, -0.2) is 32.5 Å². The number of halogens is 2. The number of tetrazole rings is 1. The summed E-state index contributed by atoms with van der Waals surface area (Å²) in [5, 5.41) is 19.1. The number of hydrogen-bond donors (Lipinski definition) is 1. The van der Waals surface area contributed by atoms with Crippen LogP contribution in [0.3, 0.4) is 0 Å². The Morgan fingerprint density at radius 1 is 0.973 bits per heavy atom. The zero-order valence-corrected chi connectivity index (χ0v) is 21.6. The first-order chi connectivity index (χ1) is 18.2. The van der Waals surface area contributed by atoms with Gasteiger partial charge in [0, 0.05) is 23.4 Å². The second-order valence-electron chi connectivity index (χ2n) is 8.38. The average Bonchev–Trinajstić information content (AvgIpc) is 3.39. The molecule has 1 N–H and O–H groups in total. The van der Waals surface area contributed by atoms with Gasteiger partial charge < -0.3 is 10.1 Å². The SMILES string of the molecule is Fc1ccc(COc2ccc3ccccc3c2CNCCCSc2nnnn2-c2ccccc2)c(Cl)c1. The lowest BCUT2D eigenvalue weighted by Gasteiger charge is -2.16. The van der Waals surface area contributed by atoms with Gasteiger partial charge in [-0.3, -0.25) is 0 Å². The van der Waals surface area contributed by atoms with Crippen molar-refractivity contribution in [2.75, 3.05) is 12.3 Å². The molecule has 0 saturated carbocycles. The van der Waals surface area contributed by atoms with Crippen molar-refractivity contribution in [2.24, 2.45) is 0 Å². The fraction of sp³-hybridized carbons (Fsp3) is 0.179. The van der Waals surface area contributed by atoms with E-state index in [0.29, 0.717) is 11.6 Å². The van der Waals surface area contributed by atoms with Crippen LogP contribution in [0.2, 0.25) is 5.02 Å². The van der Waals surface area contributed by atoms with E-state index < -0.39 is 0 Å². The Labute approximate surface area is 223 Å². The summed E-state index contributed by atoms with van der Waals surface area (Å²) < 4.78 is 21.3. The number of hydrogen-bond acceptors (Lipinski definition) is 6. The molecule has 37 heavy (non-hydrogen) atoms. The van der Waals surface area contributed by atoms with E-state index in [4.69, 9.17) is 16.3 Å². The number of rotatable bonds is 11. The third kappa shape index (κ3) is 6.28. The van der Waals surface area contributed by atoms with Gasteiger partial charge in [-0.2, -0.15) is 4.68 Å². The highest BCUT2D eigenvalue weighted by Crippen LogP contribution is 2.30. The van der Waals surface area contributed by atoms with Gasteiger partial charge in [-0.05, 0) is 64.5 Å². The highest BCUT2D eigenvalue weighted by Gasteiger charge is 2.11. The minimum Gasteiger partial charge on any atom is -0.488 e. The summed E-state index contributed by atoms with van der Waals surface area (Å²) in [4.78, 5) is 0. The third-order valence-corrected chi connectivity index (χ3v) is 7.23. The van der Waals surface area contributed by atoms with Crippen molar-refractivity contribution >= 4 is 34.1 Å². The largest absolute Gasteiger partial charge is 0.488 e. The van der Waals surface area contributed by atoms with E-state index in [1.807, 2.05) is 54.6 Å². The number of aromatic nitrogens is 4. The first-order valence-corrected chi connectivity index (χ1v) is 13.3. The molecule has 0 fully saturated rings. The molecule has 0 unspecified atom stereocenters. The molecule has 0 radical (unpaired) electrons.